The van der Waals surface area contributed by atoms with E-state index >= 15 is 0 Å². The summed E-state index contributed by atoms with van der Waals surface area (Å²) in [6.45, 7) is 2.75. The van der Waals surface area contributed by atoms with Crippen molar-refractivity contribution in [2.45, 2.75) is 71.1 Å². The summed E-state index contributed by atoms with van der Waals surface area (Å²) in [6.07, 6.45) is 12.3. The van der Waals surface area contributed by atoms with E-state index < -0.39 is 13.8 Å². The third-order valence-corrected chi connectivity index (χ3v) is 6.17. The highest BCUT2D eigenvalue weighted by molar-refractivity contribution is 7.48. The molecule has 1 unspecified atom stereocenters. The molecule has 1 N–H and O–H groups in total. The van der Waals surface area contributed by atoms with Crippen molar-refractivity contribution < 1.29 is 32.8 Å². The molecule has 2 aromatic carbocycles. The lowest BCUT2D eigenvalue weighted by Gasteiger charge is -2.16. The lowest BCUT2D eigenvalue weighted by atomic mass is 10.1. The highest BCUT2D eigenvalue weighted by atomic mass is 31.2. The van der Waals surface area contributed by atoms with Crippen LogP contribution in [0.2, 0.25) is 0 Å². The standard InChI is InChI=1S/C26H37O7P/c1-3-4-5-6-7-8-9-10-11-15-20-31-23-18-19-25(24(21-23)26(27)30-2)33-34(28,29)32-22-16-13-12-14-17-22/h12-14,16-19,21H,3-11,15,20H2,1-2H3,(H,28,29). The molecule has 0 aliphatic heterocycles. The maximum atomic E-state index is 12.4. The highest BCUT2D eigenvalue weighted by Gasteiger charge is 2.28. The molecule has 0 fully saturated rings. The molecular weight excluding hydrogens is 455 g/mol. The van der Waals surface area contributed by atoms with Gasteiger partial charge in [-0.3, -0.25) is 4.89 Å². The minimum Gasteiger partial charge on any atom is -0.494 e. The topological polar surface area (TPSA) is 91.3 Å². The molecule has 188 valence electrons. The monoisotopic (exact) mass is 492 g/mol. The first-order chi connectivity index (χ1) is 16.4. The van der Waals surface area contributed by atoms with Crippen molar-refractivity contribution in [2.24, 2.45) is 0 Å². The second kappa shape index (κ2) is 15.4. The molecule has 1 atom stereocenters. The van der Waals surface area contributed by atoms with Crippen LogP contribution in [0.5, 0.6) is 17.2 Å². The van der Waals surface area contributed by atoms with Crippen molar-refractivity contribution in [2.75, 3.05) is 13.7 Å². The molecule has 0 aliphatic carbocycles. The van der Waals surface area contributed by atoms with Gasteiger partial charge in [0.15, 0.2) is 0 Å². The van der Waals surface area contributed by atoms with Crippen LogP contribution in [0.25, 0.3) is 0 Å². The van der Waals surface area contributed by atoms with Crippen LogP contribution in [0.1, 0.15) is 81.5 Å². The van der Waals surface area contributed by atoms with Crippen LogP contribution in [0.3, 0.4) is 0 Å². The Kier molecular flexibility index (Phi) is 12.6. The number of esters is 1. The fourth-order valence-electron chi connectivity index (χ4n) is 3.48. The summed E-state index contributed by atoms with van der Waals surface area (Å²) >= 11 is 0. The Morgan fingerprint density at radius 1 is 0.824 bits per heavy atom. The molecule has 2 aromatic rings. The Morgan fingerprint density at radius 3 is 2.06 bits per heavy atom. The van der Waals surface area contributed by atoms with Crippen LogP contribution in [0, 0.1) is 0 Å². The molecule has 0 radical (unpaired) electrons. The Balaban J connectivity index is 1.82. The summed E-state index contributed by atoms with van der Waals surface area (Å²) < 4.78 is 33.2. The molecule has 34 heavy (non-hydrogen) atoms. The summed E-state index contributed by atoms with van der Waals surface area (Å²) in [5, 5.41) is 0. The summed E-state index contributed by atoms with van der Waals surface area (Å²) in [5.74, 6) is -0.205. The third kappa shape index (κ3) is 10.6. The molecule has 0 aliphatic rings. The van der Waals surface area contributed by atoms with Gasteiger partial charge in [0.2, 0.25) is 0 Å². The van der Waals surface area contributed by atoms with E-state index in [1.807, 2.05) is 0 Å². The van der Waals surface area contributed by atoms with Crippen molar-refractivity contribution >= 4 is 13.8 Å². The van der Waals surface area contributed by atoms with E-state index in [0.717, 1.165) is 12.8 Å². The van der Waals surface area contributed by atoms with E-state index in [2.05, 4.69) is 6.92 Å². The number of para-hydroxylation sites is 1. The number of phosphoric acid groups is 1. The molecule has 0 saturated heterocycles. The van der Waals surface area contributed by atoms with Gasteiger partial charge in [-0.15, -0.1) is 0 Å². The molecule has 0 amide bonds. The van der Waals surface area contributed by atoms with Crippen molar-refractivity contribution in [3.05, 3.63) is 54.1 Å². The van der Waals surface area contributed by atoms with E-state index in [-0.39, 0.29) is 17.1 Å². The van der Waals surface area contributed by atoms with E-state index in [0.29, 0.717) is 12.4 Å². The maximum Gasteiger partial charge on any atom is 0.584 e. The van der Waals surface area contributed by atoms with Gasteiger partial charge in [0.25, 0.3) is 0 Å². The summed E-state index contributed by atoms with van der Waals surface area (Å²) in [7, 11) is -3.30. The summed E-state index contributed by atoms with van der Waals surface area (Å²) in [6, 6.07) is 12.6. The minimum atomic E-state index is -4.53. The summed E-state index contributed by atoms with van der Waals surface area (Å²) in [4.78, 5) is 22.3. The predicted molar refractivity (Wildman–Crippen MR) is 133 cm³/mol. The average molecular weight is 493 g/mol. The van der Waals surface area contributed by atoms with Gasteiger partial charge >= 0.3 is 13.8 Å². The number of methoxy groups -OCH3 is 1. The molecule has 0 spiro atoms. The average Bonchev–Trinajstić information content (AvgIpc) is 2.83. The van der Waals surface area contributed by atoms with Gasteiger partial charge in [0, 0.05) is 0 Å². The molecular formula is C26H37O7P. The SMILES string of the molecule is CCCCCCCCCCCCOc1ccc(OP(=O)(O)Oc2ccccc2)c(C(=O)OC)c1. The Hall–Kier alpha value is -2.50. The molecule has 0 aromatic heterocycles. The van der Waals surface area contributed by atoms with Crippen molar-refractivity contribution in [1.29, 1.82) is 0 Å². The highest BCUT2D eigenvalue weighted by Crippen LogP contribution is 2.45. The zero-order chi connectivity index (χ0) is 24.7. The zero-order valence-corrected chi connectivity index (χ0v) is 21.1. The van der Waals surface area contributed by atoms with E-state index in [1.54, 1.807) is 24.3 Å². The van der Waals surface area contributed by atoms with Gasteiger partial charge in [0.05, 0.1) is 13.7 Å². The first-order valence-electron chi connectivity index (χ1n) is 12.1. The van der Waals surface area contributed by atoms with E-state index in [1.165, 1.54) is 82.7 Å². The van der Waals surface area contributed by atoms with Crippen LogP contribution in [0.15, 0.2) is 48.5 Å². The lowest BCUT2D eigenvalue weighted by molar-refractivity contribution is 0.0598. The molecule has 2 rings (SSSR count). The van der Waals surface area contributed by atoms with Gasteiger partial charge in [-0.1, -0.05) is 82.9 Å². The maximum absolute atomic E-state index is 12.4. The van der Waals surface area contributed by atoms with Crippen molar-refractivity contribution in [3.63, 3.8) is 0 Å². The van der Waals surface area contributed by atoms with Gasteiger partial charge in [-0.25, -0.2) is 9.36 Å². The Bertz CT molecular complexity index is 901. The summed E-state index contributed by atoms with van der Waals surface area (Å²) in [5.41, 5.74) is -0.0194. The lowest BCUT2D eigenvalue weighted by Crippen LogP contribution is -2.08. The van der Waals surface area contributed by atoms with Crippen LogP contribution in [0.4, 0.5) is 0 Å². The molecule has 0 heterocycles. The molecule has 0 saturated carbocycles. The van der Waals surface area contributed by atoms with Crippen LogP contribution < -0.4 is 13.8 Å². The van der Waals surface area contributed by atoms with E-state index in [4.69, 9.17) is 18.5 Å². The van der Waals surface area contributed by atoms with Crippen molar-refractivity contribution in [3.8, 4) is 17.2 Å². The van der Waals surface area contributed by atoms with Crippen LogP contribution in [-0.4, -0.2) is 24.6 Å². The molecule has 0 bridgehead atoms. The number of rotatable bonds is 17. The smallest absolute Gasteiger partial charge is 0.494 e. The number of ether oxygens (including phenoxy) is 2. The number of unbranched alkanes of at least 4 members (excludes halogenated alkanes) is 9. The third-order valence-electron chi connectivity index (χ3n) is 5.30. The zero-order valence-electron chi connectivity index (χ0n) is 20.2. The Labute approximate surface area is 203 Å². The number of benzene rings is 2. The Morgan fingerprint density at radius 2 is 1.44 bits per heavy atom. The second-order valence-electron chi connectivity index (χ2n) is 8.14. The largest absolute Gasteiger partial charge is 0.584 e. The van der Waals surface area contributed by atoms with Gasteiger partial charge < -0.3 is 18.5 Å². The second-order valence-corrected chi connectivity index (χ2v) is 9.45. The number of hydrogen-bond donors (Lipinski definition) is 1. The van der Waals surface area contributed by atoms with Gasteiger partial charge in [0.1, 0.15) is 22.8 Å². The first kappa shape index (κ1) is 27.7. The minimum absolute atomic E-state index is 0.0194. The predicted octanol–water partition coefficient (Wildman–Crippen LogP) is 7.33. The van der Waals surface area contributed by atoms with Gasteiger partial charge in [-0.05, 0) is 36.8 Å². The van der Waals surface area contributed by atoms with Crippen LogP contribution in [-0.2, 0) is 9.30 Å². The fourth-order valence-corrected chi connectivity index (χ4v) is 4.32. The van der Waals surface area contributed by atoms with E-state index in [9.17, 15) is 14.3 Å². The molecule has 7 nitrogen and oxygen atoms in total. The molecule has 8 heteroatoms. The number of hydrogen-bond acceptors (Lipinski definition) is 6. The number of phosphoric ester groups is 1. The normalized spacial score (nSPS) is 12.6. The van der Waals surface area contributed by atoms with Crippen LogP contribution >= 0.6 is 7.82 Å². The number of carbonyl (C=O) groups excluding carboxylic acids is 1. The quantitative estimate of drug-likeness (QED) is 0.140. The first-order valence-corrected chi connectivity index (χ1v) is 13.6. The fraction of sp³-hybridized carbons (Fsp3) is 0.500. The van der Waals surface area contributed by atoms with Gasteiger partial charge in [-0.2, -0.15) is 0 Å². The number of carbonyl (C=O) groups is 1. The van der Waals surface area contributed by atoms with Crippen molar-refractivity contribution in [1.82, 2.24) is 0 Å².